The van der Waals surface area contributed by atoms with Gasteiger partial charge in [-0.3, -0.25) is 4.79 Å². The van der Waals surface area contributed by atoms with Crippen LogP contribution in [0.2, 0.25) is 0 Å². The molecule has 1 aliphatic carbocycles. The van der Waals surface area contributed by atoms with Crippen LogP contribution < -0.4 is 4.74 Å². The second-order valence-electron chi connectivity index (χ2n) is 6.85. The fourth-order valence-electron chi connectivity index (χ4n) is 2.97. The number of nitrogens with zero attached hydrogens (tertiary/aromatic N) is 1. The highest BCUT2D eigenvalue weighted by Crippen LogP contribution is 2.29. The van der Waals surface area contributed by atoms with Gasteiger partial charge in [-0.25, -0.2) is 4.98 Å². The van der Waals surface area contributed by atoms with E-state index in [2.05, 4.69) is 35.6 Å². The number of hydrogen-bond acceptors (Lipinski definition) is 4. The normalized spacial score (nSPS) is 13.8. The maximum atomic E-state index is 11.0. The Kier molecular flexibility index (Phi) is 6.72. The molecule has 1 aromatic carbocycles. The number of hydrogen-bond donors (Lipinski definition) is 1. The monoisotopic (exact) mass is 405 g/mol. The molecule has 2 aromatic rings. The summed E-state index contributed by atoms with van der Waals surface area (Å²) < 4.78 is 5.94. The van der Waals surface area contributed by atoms with Crippen LogP contribution in [0.5, 0.6) is 5.75 Å². The van der Waals surface area contributed by atoms with E-state index in [4.69, 9.17) is 9.84 Å². The molecule has 0 radical (unpaired) electrons. The number of aromatic nitrogens is 1. The van der Waals surface area contributed by atoms with Crippen LogP contribution in [0.15, 0.2) is 47.7 Å². The second-order valence-corrected chi connectivity index (χ2v) is 7.93. The molecule has 1 heterocycles. The maximum Gasteiger partial charge on any atom is 0.304 e. The van der Waals surface area contributed by atoms with Crippen molar-refractivity contribution in [1.29, 1.82) is 0 Å². The van der Waals surface area contributed by atoms with Gasteiger partial charge in [0.15, 0.2) is 0 Å². The lowest BCUT2D eigenvalue weighted by Gasteiger charge is -2.10. The topological polar surface area (TPSA) is 59.4 Å². The molecule has 29 heavy (non-hydrogen) atoms. The van der Waals surface area contributed by atoms with Gasteiger partial charge in [0.25, 0.3) is 0 Å². The minimum Gasteiger partial charge on any atom is -0.488 e. The lowest BCUT2D eigenvalue weighted by molar-refractivity contribution is -0.137. The molecule has 0 fully saturated rings. The summed E-state index contributed by atoms with van der Waals surface area (Å²) in [7, 11) is 0. The molecule has 0 spiro atoms. The van der Waals surface area contributed by atoms with E-state index in [1.54, 1.807) is 18.3 Å². The first-order valence-electron chi connectivity index (χ1n) is 9.42. The van der Waals surface area contributed by atoms with Crippen LogP contribution in [-0.2, 0) is 11.4 Å². The zero-order valence-corrected chi connectivity index (χ0v) is 17.6. The van der Waals surface area contributed by atoms with Crippen LogP contribution >= 0.6 is 11.3 Å². The first kappa shape index (κ1) is 20.7. The Morgan fingerprint density at radius 2 is 2.10 bits per heavy atom. The second kappa shape index (κ2) is 9.43. The van der Waals surface area contributed by atoms with Gasteiger partial charge in [0.05, 0.1) is 22.9 Å². The lowest BCUT2D eigenvalue weighted by atomic mass is 9.96. The minimum absolute atomic E-state index is 0.0110. The van der Waals surface area contributed by atoms with Crippen LogP contribution in [0, 0.1) is 18.8 Å². The van der Waals surface area contributed by atoms with Crippen LogP contribution in [0.1, 0.15) is 53.7 Å². The van der Waals surface area contributed by atoms with Gasteiger partial charge < -0.3 is 9.84 Å². The number of thiazole rings is 1. The van der Waals surface area contributed by atoms with Crippen molar-refractivity contribution >= 4 is 22.9 Å². The number of allylic oxidation sites excluding steroid dienone is 3. The highest BCUT2D eigenvalue weighted by molar-refractivity contribution is 7.12. The molecule has 0 bridgehead atoms. The van der Waals surface area contributed by atoms with E-state index < -0.39 is 5.97 Å². The Balaban J connectivity index is 1.67. The molecule has 3 rings (SSSR count). The SMILES string of the molecule is CC#CC(CC(=O)O)c1ccc(OCc2sc(C3=C=CC(C)=CC3)nc2C)cc1. The standard InChI is InChI=1S/C24H23NO3S/c1-4-5-20(14-23(26)27)18-10-12-21(13-11-18)28-15-22-17(3)25-24(29-22)19-8-6-16(2)7-9-19/h6-7,10-13,20H,8,14-15H2,1-3H3,(H,26,27). The largest absolute Gasteiger partial charge is 0.488 e. The van der Waals surface area contributed by atoms with Gasteiger partial charge in [0, 0.05) is 12.0 Å². The fourth-order valence-corrected chi connectivity index (χ4v) is 3.96. The fraction of sp³-hybridized carbons (Fsp3) is 0.292. The Bertz CT molecular complexity index is 1060. The van der Waals surface area contributed by atoms with E-state index >= 15 is 0 Å². The van der Waals surface area contributed by atoms with Crippen molar-refractivity contribution in [1.82, 2.24) is 4.98 Å². The van der Waals surface area contributed by atoms with Crippen molar-refractivity contribution in [2.45, 2.75) is 46.1 Å². The van der Waals surface area contributed by atoms with Crippen molar-refractivity contribution < 1.29 is 14.6 Å². The molecule has 0 saturated carbocycles. The van der Waals surface area contributed by atoms with Crippen LogP contribution in [-0.4, -0.2) is 16.1 Å². The molecule has 1 N–H and O–H groups in total. The molecule has 0 aliphatic heterocycles. The zero-order valence-electron chi connectivity index (χ0n) is 16.8. The molecule has 0 saturated heterocycles. The number of benzene rings is 1. The van der Waals surface area contributed by atoms with Crippen molar-refractivity contribution in [2.75, 3.05) is 0 Å². The van der Waals surface area contributed by atoms with Crippen LogP contribution in [0.4, 0.5) is 0 Å². The molecule has 1 aliphatic rings. The quantitative estimate of drug-likeness (QED) is 0.488. The lowest BCUT2D eigenvalue weighted by Crippen LogP contribution is -2.04. The molecule has 1 atom stereocenters. The van der Waals surface area contributed by atoms with Gasteiger partial charge in [0.2, 0.25) is 0 Å². The van der Waals surface area contributed by atoms with Crippen LogP contribution in [0.3, 0.4) is 0 Å². The van der Waals surface area contributed by atoms with Gasteiger partial charge in [0.1, 0.15) is 17.4 Å². The van der Waals surface area contributed by atoms with Gasteiger partial charge in [-0.1, -0.05) is 24.1 Å². The number of ether oxygens (including phenoxy) is 1. The molecule has 1 unspecified atom stereocenters. The van der Waals surface area contributed by atoms with Crippen molar-refractivity contribution in [3.63, 3.8) is 0 Å². The Morgan fingerprint density at radius 3 is 2.72 bits per heavy atom. The van der Waals surface area contributed by atoms with E-state index in [0.29, 0.717) is 6.61 Å². The summed E-state index contributed by atoms with van der Waals surface area (Å²) in [6.45, 7) is 6.23. The van der Waals surface area contributed by atoms with Crippen LogP contribution in [0.25, 0.3) is 5.57 Å². The third-order valence-corrected chi connectivity index (χ3v) is 5.79. The van der Waals surface area contributed by atoms with Crippen molar-refractivity contribution in [3.05, 3.63) is 68.9 Å². The van der Waals surface area contributed by atoms with E-state index in [-0.39, 0.29) is 12.3 Å². The maximum absolute atomic E-state index is 11.0. The summed E-state index contributed by atoms with van der Waals surface area (Å²) in [6.07, 6.45) is 5.02. The van der Waals surface area contributed by atoms with Gasteiger partial charge >= 0.3 is 5.97 Å². The molecule has 1 aromatic heterocycles. The Hall–Kier alpha value is -3.06. The number of carboxylic acids is 1. The third-order valence-electron chi connectivity index (χ3n) is 4.60. The molecule has 148 valence electrons. The molecule has 5 heteroatoms. The predicted molar refractivity (Wildman–Crippen MR) is 116 cm³/mol. The summed E-state index contributed by atoms with van der Waals surface area (Å²) in [5, 5.41) is 10.1. The summed E-state index contributed by atoms with van der Waals surface area (Å²) in [4.78, 5) is 16.8. The minimum atomic E-state index is -0.858. The van der Waals surface area contributed by atoms with Gasteiger partial charge in [-0.2, -0.15) is 0 Å². The highest BCUT2D eigenvalue weighted by atomic mass is 32.1. The van der Waals surface area contributed by atoms with Gasteiger partial charge in [-0.15, -0.1) is 23.0 Å². The molecule has 4 nitrogen and oxygen atoms in total. The van der Waals surface area contributed by atoms with E-state index in [9.17, 15) is 4.79 Å². The van der Waals surface area contributed by atoms with E-state index in [1.807, 2.05) is 37.3 Å². The molecular weight excluding hydrogens is 382 g/mol. The first-order valence-corrected chi connectivity index (χ1v) is 10.2. The summed E-state index contributed by atoms with van der Waals surface area (Å²) in [5.41, 5.74) is 7.51. The number of aliphatic carboxylic acids is 1. The summed E-state index contributed by atoms with van der Waals surface area (Å²) in [6, 6.07) is 7.48. The summed E-state index contributed by atoms with van der Waals surface area (Å²) in [5.74, 6) is 5.33. The van der Waals surface area contributed by atoms with Gasteiger partial charge in [-0.05, 0) is 50.1 Å². The molecule has 0 amide bonds. The Morgan fingerprint density at radius 1 is 1.34 bits per heavy atom. The zero-order chi connectivity index (χ0) is 20.8. The summed E-state index contributed by atoms with van der Waals surface area (Å²) >= 11 is 1.64. The van der Waals surface area contributed by atoms with E-state index in [0.717, 1.165) is 38.9 Å². The number of carbonyl (C=O) groups is 1. The number of carboxylic acid groups (broad SMARTS) is 1. The van der Waals surface area contributed by atoms with E-state index in [1.165, 1.54) is 5.57 Å². The number of rotatable bonds is 7. The van der Waals surface area contributed by atoms with Crippen molar-refractivity contribution in [3.8, 4) is 17.6 Å². The predicted octanol–water partition coefficient (Wildman–Crippen LogP) is 5.50. The number of aryl methyl sites for hydroxylation is 1. The Labute approximate surface area is 175 Å². The molecular formula is C24H23NO3S. The third kappa shape index (κ3) is 5.48. The van der Waals surface area contributed by atoms with Crippen molar-refractivity contribution in [2.24, 2.45) is 0 Å². The first-order chi connectivity index (χ1) is 14.0. The smallest absolute Gasteiger partial charge is 0.304 e. The average Bonchev–Trinajstić information content (AvgIpc) is 3.07. The highest BCUT2D eigenvalue weighted by Gasteiger charge is 2.14. The average molecular weight is 406 g/mol.